The second-order valence-corrected chi connectivity index (χ2v) is 3.92. The molecule has 10 heavy (non-hydrogen) atoms. The van der Waals surface area contributed by atoms with E-state index in [1.54, 1.807) is 0 Å². The van der Waals surface area contributed by atoms with Crippen molar-refractivity contribution in [2.24, 2.45) is 0 Å². The van der Waals surface area contributed by atoms with Gasteiger partial charge in [0.25, 0.3) is 0 Å². The summed E-state index contributed by atoms with van der Waals surface area (Å²) >= 11 is 1.87. The van der Waals surface area contributed by atoms with Crippen LogP contribution in [-0.4, -0.2) is 35.3 Å². The van der Waals surface area contributed by atoms with E-state index in [4.69, 9.17) is 5.11 Å². The molecule has 0 unspecified atom stereocenters. The van der Waals surface area contributed by atoms with Gasteiger partial charge in [0.15, 0.2) is 0 Å². The van der Waals surface area contributed by atoms with E-state index in [-0.39, 0.29) is 6.61 Å². The summed E-state index contributed by atoms with van der Waals surface area (Å²) in [6, 6.07) is 0.337. The summed E-state index contributed by atoms with van der Waals surface area (Å²) in [5.74, 6) is 0.935. The lowest BCUT2D eigenvalue weighted by Crippen LogP contribution is -2.24. The summed E-state index contributed by atoms with van der Waals surface area (Å²) in [6.45, 7) is 5.08. The van der Waals surface area contributed by atoms with Crippen LogP contribution in [0.2, 0.25) is 0 Å². The van der Waals surface area contributed by atoms with Crippen molar-refractivity contribution < 1.29 is 5.11 Å². The van der Waals surface area contributed by atoms with Crippen LogP contribution in [0.1, 0.15) is 6.42 Å². The van der Waals surface area contributed by atoms with Crippen molar-refractivity contribution in [3.05, 3.63) is 6.92 Å². The van der Waals surface area contributed by atoms with Crippen LogP contribution in [0, 0.1) is 6.92 Å². The van der Waals surface area contributed by atoms with Gasteiger partial charge in [-0.1, -0.05) is 0 Å². The highest BCUT2D eigenvalue weighted by Gasteiger charge is 2.22. The van der Waals surface area contributed by atoms with Crippen molar-refractivity contribution in [1.82, 2.24) is 5.32 Å². The van der Waals surface area contributed by atoms with Gasteiger partial charge < -0.3 is 10.4 Å². The molecule has 1 saturated heterocycles. The van der Waals surface area contributed by atoms with Gasteiger partial charge >= 0.3 is 0 Å². The third kappa shape index (κ3) is 2.15. The molecule has 2 N–H and O–H groups in total. The average molecular weight is 160 g/mol. The molecule has 59 valence electrons. The first kappa shape index (κ1) is 8.37. The van der Waals surface area contributed by atoms with E-state index in [2.05, 4.69) is 12.2 Å². The number of aliphatic hydroxyl groups is 1. The molecule has 3 heteroatoms. The summed E-state index contributed by atoms with van der Waals surface area (Å²) < 4.78 is 0. The zero-order chi connectivity index (χ0) is 7.40. The molecule has 1 heterocycles. The summed E-state index contributed by atoms with van der Waals surface area (Å²) in [5, 5.41) is 12.7. The van der Waals surface area contributed by atoms with Crippen LogP contribution in [0.15, 0.2) is 0 Å². The van der Waals surface area contributed by atoms with Gasteiger partial charge in [-0.25, -0.2) is 0 Å². The number of hydrogen-bond acceptors (Lipinski definition) is 3. The summed E-state index contributed by atoms with van der Waals surface area (Å²) in [7, 11) is 0. The molecule has 2 nitrogen and oxygen atoms in total. The van der Waals surface area contributed by atoms with E-state index in [0.717, 1.165) is 18.7 Å². The van der Waals surface area contributed by atoms with Gasteiger partial charge in [-0.05, 0) is 19.1 Å². The second kappa shape index (κ2) is 4.21. The van der Waals surface area contributed by atoms with Crippen molar-refractivity contribution >= 4 is 11.8 Å². The molecule has 1 rings (SSSR count). The number of thioether (sulfide) groups is 1. The Morgan fingerprint density at radius 2 is 2.50 bits per heavy atom. The fourth-order valence-corrected chi connectivity index (χ4v) is 2.13. The van der Waals surface area contributed by atoms with E-state index in [9.17, 15) is 0 Å². The molecule has 1 fully saturated rings. The zero-order valence-corrected chi connectivity index (χ0v) is 6.86. The molecule has 0 aromatic rings. The monoisotopic (exact) mass is 160 g/mol. The van der Waals surface area contributed by atoms with Gasteiger partial charge in [0.2, 0.25) is 0 Å². The lowest BCUT2D eigenvalue weighted by atomic mass is 10.2. The topological polar surface area (TPSA) is 32.3 Å². The summed E-state index contributed by atoms with van der Waals surface area (Å²) in [6.07, 6.45) is 1.09. The summed E-state index contributed by atoms with van der Waals surface area (Å²) in [4.78, 5) is 0. The lowest BCUT2D eigenvalue weighted by Gasteiger charge is -2.05. The Morgan fingerprint density at radius 3 is 3.00 bits per heavy atom. The highest BCUT2D eigenvalue weighted by atomic mass is 32.2. The van der Waals surface area contributed by atoms with Crippen molar-refractivity contribution in [3.63, 3.8) is 0 Å². The Hall–Kier alpha value is 0.270. The SMILES string of the molecule is [CH2]CS[C@@H]1CN[C@H](CO)C1. The molecule has 0 aromatic carbocycles. The molecule has 2 atom stereocenters. The van der Waals surface area contributed by atoms with Crippen LogP contribution < -0.4 is 5.32 Å². The molecular weight excluding hydrogens is 146 g/mol. The fraction of sp³-hybridized carbons (Fsp3) is 0.857. The highest BCUT2D eigenvalue weighted by molar-refractivity contribution is 8.00. The molecule has 1 aliphatic rings. The Morgan fingerprint density at radius 1 is 1.70 bits per heavy atom. The Kier molecular flexibility index (Phi) is 3.52. The predicted octanol–water partition coefficient (Wildman–Crippen LogP) is 0.276. The first-order valence-electron chi connectivity index (χ1n) is 3.62. The Labute approximate surface area is 66.4 Å². The molecule has 0 spiro atoms. The highest BCUT2D eigenvalue weighted by Crippen LogP contribution is 2.19. The Bertz CT molecular complexity index is 99.6. The van der Waals surface area contributed by atoms with Crippen molar-refractivity contribution in [1.29, 1.82) is 0 Å². The van der Waals surface area contributed by atoms with Crippen LogP contribution in [0.4, 0.5) is 0 Å². The van der Waals surface area contributed by atoms with Crippen LogP contribution in [0.3, 0.4) is 0 Å². The molecular formula is C7H14NOS. The number of hydrogen-bond donors (Lipinski definition) is 2. The maximum absolute atomic E-state index is 8.76. The second-order valence-electron chi connectivity index (χ2n) is 2.52. The average Bonchev–Trinajstić information content (AvgIpc) is 2.37. The predicted molar refractivity (Wildman–Crippen MR) is 45.1 cm³/mol. The molecule has 0 aromatic heterocycles. The number of rotatable bonds is 3. The third-order valence-corrected chi connectivity index (χ3v) is 2.82. The first-order chi connectivity index (χ1) is 4.86. The van der Waals surface area contributed by atoms with Gasteiger partial charge in [-0.3, -0.25) is 0 Å². The van der Waals surface area contributed by atoms with E-state index in [1.807, 2.05) is 11.8 Å². The number of nitrogens with one attached hydrogen (secondary N) is 1. The van der Waals surface area contributed by atoms with Gasteiger partial charge in [-0.15, -0.1) is 0 Å². The standard InChI is InChI=1S/C7H14NOS/c1-2-10-7-3-6(5-9)8-4-7/h6-9H,1-5H2/t6-,7-/m0/s1. The largest absolute Gasteiger partial charge is 0.395 e. The van der Waals surface area contributed by atoms with Crippen molar-refractivity contribution in [3.8, 4) is 0 Å². The normalized spacial score (nSPS) is 33.0. The van der Waals surface area contributed by atoms with Crippen LogP contribution in [-0.2, 0) is 0 Å². The minimum Gasteiger partial charge on any atom is -0.395 e. The molecule has 1 radical (unpaired) electrons. The van der Waals surface area contributed by atoms with Crippen LogP contribution in [0.5, 0.6) is 0 Å². The van der Waals surface area contributed by atoms with Gasteiger partial charge in [0.05, 0.1) is 6.61 Å². The molecule has 0 bridgehead atoms. The minimum atomic E-state index is 0.272. The van der Waals surface area contributed by atoms with Gasteiger partial charge in [0.1, 0.15) is 0 Å². The van der Waals surface area contributed by atoms with Crippen molar-refractivity contribution in [2.45, 2.75) is 17.7 Å². The number of aliphatic hydroxyl groups excluding tert-OH is 1. The maximum atomic E-state index is 8.76. The zero-order valence-electron chi connectivity index (χ0n) is 6.05. The van der Waals surface area contributed by atoms with Gasteiger partial charge in [-0.2, -0.15) is 11.8 Å². The lowest BCUT2D eigenvalue weighted by molar-refractivity contribution is 0.255. The first-order valence-corrected chi connectivity index (χ1v) is 4.66. The van der Waals surface area contributed by atoms with Crippen molar-refractivity contribution in [2.75, 3.05) is 18.9 Å². The maximum Gasteiger partial charge on any atom is 0.0585 e. The molecule has 1 aliphatic heterocycles. The van der Waals surface area contributed by atoms with Crippen LogP contribution >= 0.6 is 11.8 Å². The van der Waals surface area contributed by atoms with E-state index >= 15 is 0 Å². The molecule has 0 saturated carbocycles. The molecule has 0 amide bonds. The quantitative estimate of drug-likeness (QED) is 0.622. The van der Waals surface area contributed by atoms with E-state index < -0.39 is 0 Å². The smallest absolute Gasteiger partial charge is 0.0585 e. The van der Waals surface area contributed by atoms with E-state index in [0.29, 0.717) is 11.3 Å². The molecule has 0 aliphatic carbocycles. The summed E-state index contributed by atoms with van der Waals surface area (Å²) in [5.41, 5.74) is 0. The third-order valence-electron chi connectivity index (χ3n) is 1.76. The minimum absolute atomic E-state index is 0.272. The van der Waals surface area contributed by atoms with Gasteiger partial charge in [0, 0.05) is 17.8 Å². The fourth-order valence-electron chi connectivity index (χ4n) is 1.21. The van der Waals surface area contributed by atoms with E-state index in [1.165, 1.54) is 0 Å². The Balaban J connectivity index is 2.15. The van der Waals surface area contributed by atoms with Crippen LogP contribution in [0.25, 0.3) is 0 Å².